The zero-order valence-corrected chi connectivity index (χ0v) is 25.5. The zero-order chi connectivity index (χ0) is 29.7. The Hall–Kier alpha value is -3.36. The first-order chi connectivity index (χ1) is 18.7. The Morgan fingerprint density at radius 3 is 2.17 bits per heavy atom. The fraction of sp³-hybridized carbons (Fsp3) is 0.355. The number of halogens is 1. The molecule has 0 saturated carbocycles. The molecule has 0 aliphatic rings. The van der Waals surface area contributed by atoms with Gasteiger partial charge in [0.25, 0.3) is 10.0 Å². The number of amides is 2. The topological polar surface area (TPSA) is 86.8 Å². The van der Waals surface area contributed by atoms with Gasteiger partial charge in [0.05, 0.1) is 10.6 Å². The fourth-order valence-corrected chi connectivity index (χ4v) is 5.88. The molecular formula is C31H38ClN3O4S. The molecule has 0 saturated heterocycles. The first kappa shape index (κ1) is 31.2. The van der Waals surface area contributed by atoms with Gasteiger partial charge in [-0.1, -0.05) is 65.7 Å². The highest BCUT2D eigenvalue weighted by atomic mass is 35.5. The number of rotatable bonds is 10. The average Bonchev–Trinajstić information content (AvgIpc) is 2.88. The molecule has 3 aromatic rings. The Bertz CT molecular complexity index is 1440. The largest absolute Gasteiger partial charge is 0.350 e. The number of nitrogens with zero attached hydrogens (tertiary/aromatic N) is 2. The van der Waals surface area contributed by atoms with Crippen LogP contribution in [0.15, 0.2) is 77.7 Å². The van der Waals surface area contributed by atoms with E-state index in [9.17, 15) is 18.0 Å². The third kappa shape index (κ3) is 8.08. The molecule has 9 heteroatoms. The van der Waals surface area contributed by atoms with E-state index >= 15 is 0 Å². The summed E-state index contributed by atoms with van der Waals surface area (Å²) in [5.74, 6) is -0.816. The number of hydrogen-bond donors (Lipinski definition) is 1. The molecule has 214 valence electrons. The number of benzene rings is 3. The van der Waals surface area contributed by atoms with Crippen molar-refractivity contribution >= 4 is 39.1 Å². The number of sulfonamides is 1. The van der Waals surface area contributed by atoms with Crippen molar-refractivity contribution in [3.8, 4) is 0 Å². The molecule has 1 unspecified atom stereocenters. The van der Waals surface area contributed by atoms with E-state index in [1.54, 1.807) is 44.2 Å². The number of aryl methyl sites for hydroxylation is 2. The van der Waals surface area contributed by atoms with Crippen molar-refractivity contribution < 1.29 is 18.0 Å². The predicted molar refractivity (Wildman–Crippen MR) is 161 cm³/mol. The SMILES string of the molecule is Cc1ccc(S(=O)(=O)N(CC(=O)N(CCc2ccccc2)C(C)C(=O)NC(C)(C)C)c2cc(Cl)ccc2C)cc1. The number of anilines is 1. The summed E-state index contributed by atoms with van der Waals surface area (Å²) in [6, 6.07) is 20.2. The lowest BCUT2D eigenvalue weighted by molar-refractivity contribution is -0.139. The summed E-state index contributed by atoms with van der Waals surface area (Å²) in [6.45, 7) is 10.6. The summed E-state index contributed by atoms with van der Waals surface area (Å²) < 4.78 is 29.0. The summed E-state index contributed by atoms with van der Waals surface area (Å²) in [6.07, 6.45) is 0.501. The standard InChI is InChI=1S/C31H38ClN3O4S/c1-22-12-16-27(17-13-22)40(38,39)35(28-20-26(32)15-14-23(28)2)21-29(36)34(19-18-25-10-8-7-9-11-25)24(3)30(37)33-31(4,5)6/h7-17,20,24H,18-19,21H2,1-6H3,(H,33,37). The summed E-state index contributed by atoms with van der Waals surface area (Å²) in [4.78, 5) is 28.7. The second kappa shape index (κ2) is 12.9. The quantitative estimate of drug-likeness (QED) is 0.340. The van der Waals surface area contributed by atoms with Gasteiger partial charge in [-0.05, 0) is 83.4 Å². The smallest absolute Gasteiger partial charge is 0.264 e. The number of carbonyl (C=O) groups excluding carboxylic acids is 2. The van der Waals surface area contributed by atoms with Gasteiger partial charge in [-0.3, -0.25) is 13.9 Å². The molecule has 0 aromatic heterocycles. The third-order valence-corrected chi connectivity index (χ3v) is 8.49. The molecule has 2 amide bonds. The Kier molecular flexibility index (Phi) is 10.0. The van der Waals surface area contributed by atoms with E-state index in [1.807, 2.05) is 58.0 Å². The molecule has 40 heavy (non-hydrogen) atoms. The van der Waals surface area contributed by atoms with Gasteiger partial charge in [0.2, 0.25) is 11.8 Å². The van der Waals surface area contributed by atoms with Gasteiger partial charge in [0.15, 0.2) is 0 Å². The second-order valence-electron chi connectivity index (χ2n) is 11.0. The maximum absolute atomic E-state index is 14.0. The van der Waals surface area contributed by atoms with Crippen LogP contribution < -0.4 is 9.62 Å². The molecule has 0 spiro atoms. The Labute approximate surface area is 243 Å². The van der Waals surface area contributed by atoms with Crippen LogP contribution in [0.5, 0.6) is 0 Å². The van der Waals surface area contributed by atoms with E-state index in [0.29, 0.717) is 22.7 Å². The molecule has 3 aromatic carbocycles. The summed E-state index contributed by atoms with van der Waals surface area (Å²) in [5.41, 5.74) is 2.35. The van der Waals surface area contributed by atoms with Crippen LogP contribution in [0.4, 0.5) is 5.69 Å². The first-order valence-electron chi connectivity index (χ1n) is 13.2. The minimum atomic E-state index is -4.15. The molecule has 3 rings (SSSR count). The highest BCUT2D eigenvalue weighted by molar-refractivity contribution is 7.92. The molecule has 0 fully saturated rings. The van der Waals surface area contributed by atoms with E-state index in [1.165, 1.54) is 17.0 Å². The van der Waals surface area contributed by atoms with Crippen LogP contribution >= 0.6 is 11.6 Å². The van der Waals surface area contributed by atoms with Gasteiger partial charge in [-0.25, -0.2) is 8.42 Å². The van der Waals surface area contributed by atoms with Crippen molar-refractivity contribution in [2.75, 3.05) is 17.4 Å². The number of hydrogen-bond acceptors (Lipinski definition) is 4. The first-order valence-corrected chi connectivity index (χ1v) is 15.0. The van der Waals surface area contributed by atoms with Crippen LogP contribution in [0.2, 0.25) is 5.02 Å². The zero-order valence-electron chi connectivity index (χ0n) is 23.9. The monoisotopic (exact) mass is 583 g/mol. The maximum Gasteiger partial charge on any atom is 0.264 e. The number of carbonyl (C=O) groups is 2. The molecule has 1 N–H and O–H groups in total. The normalized spacial score (nSPS) is 12.5. The van der Waals surface area contributed by atoms with Crippen molar-refractivity contribution in [3.05, 3.63) is 94.5 Å². The van der Waals surface area contributed by atoms with Crippen molar-refractivity contribution in [2.24, 2.45) is 0 Å². The van der Waals surface area contributed by atoms with Crippen LogP contribution in [-0.4, -0.2) is 49.8 Å². The van der Waals surface area contributed by atoms with Crippen molar-refractivity contribution in [1.82, 2.24) is 10.2 Å². The molecule has 0 heterocycles. The van der Waals surface area contributed by atoms with E-state index in [4.69, 9.17) is 11.6 Å². The number of nitrogens with one attached hydrogen (secondary N) is 1. The van der Waals surface area contributed by atoms with E-state index in [-0.39, 0.29) is 17.3 Å². The van der Waals surface area contributed by atoms with Crippen molar-refractivity contribution in [1.29, 1.82) is 0 Å². The van der Waals surface area contributed by atoms with Gasteiger partial charge >= 0.3 is 0 Å². The Morgan fingerprint density at radius 2 is 1.57 bits per heavy atom. The lowest BCUT2D eigenvalue weighted by Crippen LogP contribution is -2.55. The molecule has 1 atom stereocenters. The Balaban J connectivity index is 2.03. The summed E-state index contributed by atoms with van der Waals surface area (Å²) >= 11 is 6.28. The van der Waals surface area contributed by atoms with Gasteiger partial charge in [-0.15, -0.1) is 0 Å². The highest BCUT2D eigenvalue weighted by Gasteiger charge is 2.33. The van der Waals surface area contributed by atoms with E-state index in [0.717, 1.165) is 15.4 Å². The minimum Gasteiger partial charge on any atom is -0.350 e. The third-order valence-electron chi connectivity index (χ3n) is 6.48. The van der Waals surface area contributed by atoms with E-state index in [2.05, 4.69) is 5.32 Å². The van der Waals surface area contributed by atoms with Crippen LogP contribution in [0.25, 0.3) is 0 Å². The predicted octanol–water partition coefficient (Wildman–Crippen LogP) is 5.53. The fourth-order valence-electron chi connectivity index (χ4n) is 4.25. The lowest BCUT2D eigenvalue weighted by Gasteiger charge is -2.34. The lowest BCUT2D eigenvalue weighted by atomic mass is 10.1. The van der Waals surface area contributed by atoms with Gasteiger partial charge < -0.3 is 10.2 Å². The minimum absolute atomic E-state index is 0.0552. The van der Waals surface area contributed by atoms with Crippen LogP contribution in [-0.2, 0) is 26.0 Å². The van der Waals surface area contributed by atoms with Gasteiger partial charge in [0.1, 0.15) is 12.6 Å². The van der Waals surface area contributed by atoms with Crippen molar-refractivity contribution in [2.45, 2.75) is 64.4 Å². The van der Waals surface area contributed by atoms with Crippen molar-refractivity contribution in [3.63, 3.8) is 0 Å². The average molecular weight is 584 g/mol. The van der Waals surface area contributed by atoms with Crippen LogP contribution in [0, 0.1) is 13.8 Å². The van der Waals surface area contributed by atoms with Gasteiger partial charge in [0, 0.05) is 17.1 Å². The Morgan fingerprint density at radius 1 is 0.950 bits per heavy atom. The molecular weight excluding hydrogens is 546 g/mol. The molecule has 0 radical (unpaired) electrons. The van der Waals surface area contributed by atoms with E-state index < -0.39 is 34.1 Å². The van der Waals surface area contributed by atoms with Gasteiger partial charge in [-0.2, -0.15) is 0 Å². The maximum atomic E-state index is 14.0. The van der Waals surface area contributed by atoms with Crippen LogP contribution in [0.1, 0.15) is 44.4 Å². The van der Waals surface area contributed by atoms with Crippen LogP contribution in [0.3, 0.4) is 0 Å². The summed E-state index contributed by atoms with van der Waals surface area (Å²) in [7, 11) is -4.15. The molecule has 0 bridgehead atoms. The molecule has 7 nitrogen and oxygen atoms in total. The molecule has 0 aliphatic carbocycles. The second-order valence-corrected chi connectivity index (χ2v) is 13.3. The summed E-state index contributed by atoms with van der Waals surface area (Å²) in [5, 5.41) is 3.28. The highest BCUT2D eigenvalue weighted by Crippen LogP contribution is 2.30. The molecule has 0 aliphatic heterocycles.